The Balaban J connectivity index is 0.00000171. The van der Waals surface area contributed by atoms with Crippen LogP contribution in [0.5, 0.6) is 0 Å². The SMILES string of the molecule is Cl.Cl.NC1CCC(Nc2nc(NC3CCN(C(=O)NC45CC6CC(CC(C6)C4)C5)CC3)c3ncn(C4CCCC4)c3n2)CC1. The van der Waals surface area contributed by atoms with Gasteiger partial charge in [0.05, 0.1) is 6.33 Å². The lowest BCUT2D eigenvalue weighted by Crippen LogP contribution is -2.62. The second-order valence-electron chi connectivity index (χ2n) is 14.9. The van der Waals surface area contributed by atoms with Crippen molar-refractivity contribution in [2.45, 2.75) is 132 Å². The van der Waals surface area contributed by atoms with Crippen molar-refractivity contribution >= 4 is 53.8 Å². The second kappa shape index (κ2) is 13.0. The van der Waals surface area contributed by atoms with Crippen molar-refractivity contribution in [2.24, 2.45) is 23.5 Å². The number of imidazole rings is 1. The van der Waals surface area contributed by atoms with Crippen LogP contribution in [0.4, 0.5) is 16.6 Å². The standard InChI is InChI=1S/C32H49N9O.2ClH/c33-23-5-7-24(8-6-23)36-30-37-28(27-29(38-30)41(19-34-27)26-3-1-2-4-26)35-25-9-11-40(12-10-25)31(42)39-32-16-20-13-21(17-32)15-22(14-20)18-32;;/h19-26H,1-18,33H2,(H,39,42)(H2,35,36,37,38);2*1H. The van der Waals surface area contributed by atoms with Crippen LogP contribution in [0.1, 0.15) is 109 Å². The number of urea groups is 1. The maximum Gasteiger partial charge on any atom is 0.317 e. The number of piperidine rings is 1. The zero-order valence-electron chi connectivity index (χ0n) is 25.9. The third kappa shape index (κ3) is 6.32. The van der Waals surface area contributed by atoms with Crippen LogP contribution in [0.15, 0.2) is 6.33 Å². The van der Waals surface area contributed by atoms with Gasteiger partial charge >= 0.3 is 6.03 Å². The van der Waals surface area contributed by atoms with E-state index in [0.29, 0.717) is 24.1 Å². The smallest absolute Gasteiger partial charge is 0.317 e. The third-order valence-corrected chi connectivity index (χ3v) is 11.8. The molecule has 7 aliphatic rings. The molecule has 12 heteroatoms. The number of nitrogens with two attached hydrogens (primary N) is 1. The second-order valence-corrected chi connectivity index (χ2v) is 14.9. The summed E-state index contributed by atoms with van der Waals surface area (Å²) in [6.45, 7) is 1.54. The van der Waals surface area contributed by atoms with E-state index in [0.717, 1.165) is 86.3 Å². The minimum atomic E-state index is 0. The molecular formula is C32H51Cl2N9O. The van der Waals surface area contributed by atoms with Crippen molar-refractivity contribution in [1.29, 1.82) is 0 Å². The molecule has 0 aromatic carbocycles. The number of nitrogens with zero attached hydrogens (tertiary/aromatic N) is 5. The Hall–Kier alpha value is -2.04. The Morgan fingerprint density at radius 3 is 2.07 bits per heavy atom. The number of halogens is 2. The summed E-state index contributed by atoms with van der Waals surface area (Å²) in [5.74, 6) is 4.02. The van der Waals surface area contributed by atoms with E-state index >= 15 is 0 Å². The first-order valence-corrected chi connectivity index (χ1v) is 17.1. The molecule has 0 atom stereocenters. The number of rotatable bonds is 6. The lowest BCUT2D eigenvalue weighted by Gasteiger charge is -2.57. The molecule has 4 bridgehead atoms. The van der Waals surface area contributed by atoms with E-state index in [-0.39, 0.29) is 42.4 Å². The van der Waals surface area contributed by atoms with Crippen molar-refractivity contribution in [3.63, 3.8) is 0 Å². The molecule has 10 nitrogen and oxygen atoms in total. The summed E-state index contributed by atoms with van der Waals surface area (Å²) in [6, 6.07) is 1.55. The summed E-state index contributed by atoms with van der Waals surface area (Å²) < 4.78 is 2.29. The largest absolute Gasteiger partial charge is 0.365 e. The first kappa shape index (κ1) is 31.9. The van der Waals surface area contributed by atoms with Gasteiger partial charge in [0.2, 0.25) is 5.95 Å². The Bertz CT molecular complexity index is 1260. The van der Waals surface area contributed by atoms with E-state index in [1.165, 1.54) is 64.2 Å². The van der Waals surface area contributed by atoms with E-state index in [1.807, 2.05) is 6.33 Å². The molecule has 9 rings (SSSR count). The van der Waals surface area contributed by atoms with E-state index < -0.39 is 0 Å². The van der Waals surface area contributed by atoms with Gasteiger partial charge < -0.3 is 31.2 Å². The predicted octanol–water partition coefficient (Wildman–Crippen LogP) is 6.02. The van der Waals surface area contributed by atoms with Crippen LogP contribution >= 0.6 is 24.8 Å². The van der Waals surface area contributed by atoms with Crippen LogP contribution in [-0.4, -0.2) is 67.2 Å². The van der Waals surface area contributed by atoms with Gasteiger partial charge in [-0.15, -0.1) is 24.8 Å². The maximum absolute atomic E-state index is 13.5. The quantitative estimate of drug-likeness (QED) is 0.302. The third-order valence-electron chi connectivity index (χ3n) is 11.8. The number of amides is 2. The highest BCUT2D eigenvalue weighted by molar-refractivity contribution is 5.86. The molecule has 1 aliphatic heterocycles. The minimum Gasteiger partial charge on any atom is -0.365 e. The molecule has 2 aromatic rings. The fraction of sp³-hybridized carbons (Fsp3) is 0.812. The number of aromatic nitrogens is 4. The average molecular weight is 649 g/mol. The van der Waals surface area contributed by atoms with Crippen molar-refractivity contribution < 1.29 is 4.79 Å². The number of fused-ring (bicyclic) bond motifs is 1. The summed E-state index contributed by atoms with van der Waals surface area (Å²) in [4.78, 5) is 30.3. The number of carbonyl (C=O) groups excluding carboxylic acids is 1. The topological polar surface area (TPSA) is 126 Å². The highest BCUT2D eigenvalue weighted by atomic mass is 35.5. The lowest BCUT2D eigenvalue weighted by molar-refractivity contribution is -0.0159. The molecule has 2 amide bonds. The molecule has 7 fully saturated rings. The van der Waals surface area contributed by atoms with Crippen LogP contribution in [0.2, 0.25) is 0 Å². The number of anilines is 2. The Morgan fingerprint density at radius 2 is 1.43 bits per heavy atom. The Kier molecular flexibility index (Phi) is 9.42. The molecule has 5 N–H and O–H groups in total. The lowest BCUT2D eigenvalue weighted by atomic mass is 9.53. The van der Waals surface area contributed by atoms with Crippen LogP contribution in [0.3, 0.4) is 0 Å². The van der Waals surface area contributed by atoms with Gasteiger partial charge in [-0.25, -0.2) is 9.78 Å². The zero-order chi connectivity index (χ0) is 28.3. The number of likely N-dealkylation sites (tertiary alicyclic amines) is 1. The molecule has 3 heterocycles. The van der Waals surface area contributed by atoms with Crippen molar-refractivity contribution in [2.75, 3.05) is 23.7 Å². The first-order valence-electron chi connectivity index (χ1n) is 17.1. The van der Waals surface area contributed by atoms with Crippen molar-refractivity contribution in [1.82, 2.24) is 29.7 Å². The first-order chi connectivity index (χ1) is 20.5. The van der Waals surface area contributed by atoms with Crippen LogP contribution < -0.4 is 21.7 Å². The molecule has 244 valence electrons. The fourth-order valence-corrected chi connectivity index (χ4v) is 9.97. The number of hydrogen-bond acceptors (Lipinski definition) is 7. The predicted molar refractivity (Wildman–Crippen MR) is 179 cm³/mol. The Morgan fingerprint density at radius 1 is 0.818 bits per heavy atom. The van der Waals surface area contributed by atoms with Gasteiger partial charge in [-0.3, -0.25) is 0 Å². The normalized spacial score (nSPS) is 33.6. The molecule has 6 saturated carbocycles. The van der Waals surface area contributed by atoms with Gasteiger partial charge in [0, 0.05) is 42.8 Å². The van der Waals surface area contributed by atoms with Crippen molar-refractivity contribution in [3.8, 4) is 0 Å². The summed E-state index contributed by atoms with van der Waals surface area (Å²) in [6.07, 6.45) is 20.7. The summed E-state index contributed by atoms with van der Waals surface area (Å²) >= 11 is 0. The molecule has 0 spiro atoms. The summed E-state index contributed by atoms with van der Waals surface area (Å²) in [5.41, 5.74) is 8.02. The van der Waals surface area contributed by atoms with E-state index in [1.54, 1.807) is 0 Å². The van der Waals surface area contributed by atoms with Gasteiger partial charge in [-0.05, 0) is 108 Å². The molecular weight excluding hydrogens is 597 g/mol. The highest BCUT2D eigenvalue weighted by Gasteiger charge is 2.52. The molecule has 2 aromatic heterocycles. The molecule has 0 radical (unpaired) electrons. The molecule has 0 unspecified atom stereocenters. The minimum absolute atomic E-state index is 0. The average Bonchev–Trinajstić information content (AvgIpc) is 3.64. The van der Waals surface area contributed by atoms with Crippen molar-refractivity contribution in [3.05, 3.63) is 6.33 Å². The van der Waals surface area contributed by atoms with Gasteiger partial charge in [0.15, 0.2) is 17.0 Å². The van der Waals surface area contributed by atoms with Gasteiger partial charge in [0.1, 0.15) is 0 Å². The fourth-order valence-electron chi connectivity index (χ4n) is 9.97. The Labute approximate surface area is 273 Å². The van der Waals surface area contributed by atoms with Crippen LogP contribution in [0, 0.1) is 17.8 Å². The van der Waals surface area contributed by atoms with Crippen LogP contribution in [-0.2, 0) is 0 Å². The maximum atomic E-state index is 13.5. The van der Waals surface area contributed by atoms with Crippen LogP contribution in [0.25, 0.3) is 11.2 Å². The van der Waals surface area contributed by atoms with E-state index in [9.17, 15) is 4.79 Å². The molecule has 44 heavy (non-hydrogen) atoms. The van der Waals surface area contributed by atoms with E-state index in [4.69, 9.17) is 20.7 Å². The zero-order valence-corrected chi connectivity index (χ0v) is 27.5. The molecule has 6 aliphatic carbocycles. The summed E-state index contributed by atoms with van der Waals surface area (Å²) in [7, 11) is 0. The highest BCUT2D eigenvalue weighted by Crippen LogP contribution is 2.55. The van der Waals surface area contributed by atoms with E-state index in [2.05, 4.69) is 25.4 Å². The summed E-state index contributed by atoms with van der Waals surface area (Å²) in [5, 5.41) is 11.0. The van der Waals surface area contributed by atoms with Gasteiger partial charge in [-0.2, -0.15) is 9.97 Å². The van der Waals surface area contributed by atoms with Gasteiger partial charge in [0.25, 0.3) is 0 Å². The molecule has 1 saturated heterocycles. The number of hydrogen-bond donors (Lipinski definition) is 4. The number of nitrogens with one attached hydrogen (secondary N) is 3. The monoisotopic (exact) mass is 647 g/mol. The van der Waals surface area contributed by atoms with Gasteiger partial charge in [-0.1, -0.05) is 12.8 Å². The number of carbonyl (C=O) groups is 1.